The van der Waals surface area contributed by atoms with Crippen LogP contribution < -0.4 is 0 Å². The van der Waals surface area contributed by atoms with Crippen LogP contribution in [0.2, 0.25) is 5.02 Å². The van der Waals surface area contributed by atoms with Crippen molar-refractivity contribution >= 4 is 23.4 Å². The van der Waals surface area contributed by atoms with Crippen LogP contribution in [0.15, 0.2) is 27.9 Å². The molecule has 2 rings (SSSR count). The van der Waals surface area contributed by atoms with Crippen LogP contribution in [0.25, 0.3) is 0 Å². The molecule has 0 fully saturated rings. The van der Waals surface area contributed by atoms with Crippen LogP contribution in [-0.2, 0) is 11.2 Å². The molecular weight excluding hydrogens is 270 g/mol. The molecule has 0 radical (unpaired) electrons. The Bertz CT molecular complexity index is 536. The van der Waals surface area contributed by atoms with E-state index >= 15 is 0 Å². The normalized spacial score (nSPS) is 11.8. The molecule has 0 unspecified atom stereocenters. The fourth-order valence-corrected chi connectivity index (χ4v) is 2.24. The minimum absolute atomic E-state index is 0.126. The molecule has 0 saturated heterocycles. The first-order chi connectivity index (χ1) is 8.47. The third-order valence-electron chi connectivity index (χ3n) is 2.17. The number of rotatable bonds is 3. The molecule has 0 aliphatic carbocycles. The first-order valence-corrected chi connectivity index (χ1v) is 6.89. The molecular formula is C12H14ClN3OS. The molecule has 0 aliphatic rings. The van der Waals surface area contributed by atoms with Gasteiger partial charge in [0.05, 0.1) is 10.8 Å². The highest BCUT2D eigenvalue weighted by atomic mass is 35.5. The van der Waals surface area contributed by atoms with Crippen LogP contribution in [0.3, 0.4) is 0 Å². The van der Waals surface area contributed by atoms with Gasteiger partial charge in [-0.25, -0.2) is 4.98 Å². The Labute approximate surface area is 115 Å². The zero-order valence-corrected chi connectivity index (χ0v) is 12.0. The van der Waals surface area contributed by atoms with Gasteiger partial charge in [-0.1, -0.05) is 49.3 Å². The Kier molecular flexibility index (Phi) is 3.92. The van der Waals surface area contributed by atoms with Gasteiger partial charge in [-0.15, -0.1) is 0 Å². The van der Waals surface area contributed by atoms with Crippen molar-refractivity contribution in [1.82, 2.24) is 15.1 Å². The summed E-state index contributed by atoms with van der Waals surface area (Å²) in [7, 11) is 0. The first-order valence-electron chi connectivity index (χ1n) is 5.53. The van der Waals surface area contributed by atoms with Crippen LogP contribution in [-0.4, -0.2) is 15.1 Å². The van der Waals surface area contributed by atoms with Crippen molar-refractivity contribution in [3.8, 4) is 0 Å². The number of thioether (sulfide) groups is 1. The third kappa shape index (κ3) is 3.23. The second-order valence-corrected chi connectivity index (χ2v) is 6.22. The van der Waals surface area contributed by atoms with Crippen molar-refractivity contribution in [2.45, 2.75) is 37.0 Å². The molecule has 0 amide bonds. The Morgan fingerprint density at radius 2 is 2.17 bits per heavy atom. The quantitative estimate of drug-likeness (QED) is 0.804. The Hall–Kier alpha value is -1.07. The highest BCUT2D eigenvalue weighted by Gasteiger charge is 2.21. The maximum Gasteiger partial charge on any atom is 0.232 e. The topological polar surface area (TPSA) is 51.8 Å². The van der Waals surface area contributed by atoms with Gasteiger partial charge in [0.25, 0.3) is 0 Å². The van der Waals surface area contributed by atoms with Crippen LogP contribution in [0.5, 0.6) is 0 Å². The molecule has 4 nitrogen and oxygen atoms in total. The smallest absolute Gasteiger partial charge is 0.232 e. The lowest BCUT2D eigenvalue weighted by atomic mass is 9.97. The molecule has 0 saturated carbocycles. The van der Waals surface area contributed by atoms with Gasteiger partial charge in [-0.3, -0.25) is 0 Å². The average Bonchev–Trinajstić information content (AvgIpc) is 2.76. The summed E-state index contributed by atoms with van der Waals surface area (Å²) >= 11 is 7.52. The lowest BCUT2D eigenvalue weighted by Gasteiger charge is -2.10. The fourth-order valence-electron chi connectivity index (χ4n) is 1.23. The number of hydrogen-bond donors (Lipinski definition) is 0. The number of nitrogens with zero attached hydrogens (tertiary/aromatic N) is 3. The first kappa shape index (κ1) is 13.4. The van der Waals surface area contributed by atoms with Crippen molar-refractivity contribution in [2.75, 3.05) is 0 Å². The van der Waals surface area contributed by atoms with E-state index in [-0.39, 0.29) is 5.41 Å². The molecule has 6 heteroatoms. The molecule has 2 aromatic heterocycles. The SMILES string of the molecule is CC(C)(C)c1nc(CSc2ncccc2Cl)no1. The van der Waals surface area contributed by atoms with Crippen LogP contribution in [0.4, 0.5) is 0 Å². The van der Waals surface area contributed by atoms with Crippen LogP contribution >= 0.6 is 23.4 Å². The minimum atomic E-state index is -0.126. The van der Waals surface area contributed by atoms with E-state index in [9.17, 15) is 0 Å². The molecule has 2 heterocycles. The second kappa shape index (κ2) is 5.28. The van der Waals surface area contributed by atoms with E-state index in [1.807, 2.05) is 26.8 Å². The Morgan fingerprint density at radius 3 is 2.78 bits per heavy atom. The van der Waals surface area contributed by atoms with E-state index in [0.29, 0.717) is 22.5 Å². The minimum Gasteiger partial charge on any atom is -0.339 e. The zero-order valence-electron chi connectivity index (χ0n) is 10.5. The summed E-state index contributed by atoms with van der Waals surface area (Å²) in [6.07, 6.45) is 1.71. The molecule has 0 N–H and O–H groups in total. The molecule has 2 aromatic rings. The predicted octanol–water partition coefficient (Wildman–Crippen LogP) is 3.71. The van der Waals surface area contributed by atoms with Crippen LogP contribution in [0.1, 0.15) is 32.5 Å². The van der Waals surface area contributed by atoms with Gasteiger partial charge in [0.15, 0.2) is 5.82 Å². The summed E-state index contributed by atoms with van der Waals surface area (Å²) < 4.78 is 5.22. The van der Waals surface area contributed by atoms with Gasteiger partial charge in [0, 0.05) is 11.6 Å². The maximum absolute atomic E-state index is 6.02. The molecule has 0 atom stereocenters. The van der Waals surface area contributed by atoms with Crippen molar-refractivity contribution in [1.29, 1.82) is 0 Å². The summed E-state index contributed by atoms with van der Waals surface area (Å²) in [6, 6.07) is 3.62. The summed E-state index contributed by atoms with van der Waals surface area (Å²) in [5, 5.41) is 5.37. The Balaban J connectivity index is 2.03. The summed E-state index contributed by atoms with van der Waals surface area (Å²) in [6.45, 7) is 6.10. The number of hydrogen-bond acceptors (Lipinski definition) is 5. The van der Waals surface area contributed by atoms with Crippen molar-refractivity contribution in [2.24, 2.45) is 0 Å². The Morgan fingerprint density at radius 1 is 1.39 bits per heavy atom. The molecule has 0 spiro atoms. The highest BCUT2D eigenvalue weighted by molar-refractivity contribution is 7.98. The van der Waals surface area contributed by atoms with E-state index in [4.69, 9.17) is 16.1 Å². The van der Waals surface area contributed by atoms with Crippen molar-refractivity contribution in [3.63, 3.8) is 0 Å². The molecule has 96 valence electrons. The zero-order chi connectivity index (χ0) is 13.2. The van der Waals surface area contributed by atoms with Crippen LogP contribution in [0, 0.1) is 0 Å². The van der Waals surface area contributed by atoms with Gasteiger partial charge < -0.3 is 4.52 Å². The van der Waals surface area contributed by atoms with E-state index in [1.165, 1.54) is 11.8 Å². The lowest BCUT2D eigenvalue weighted by molar-refractivity contribution is 0.319. The summed E-state index contributed by atoms with van der Waals surface area (Å²) in [5.74, 6) is 1.90. The summed E-state index contributed by atoms with van der Waals surface area (Å²) in [5.41, 5.74) is -0.126. The maximum atomic E-state index is 6.02. The third-order valence-corrected chi connectivity index (χ3v) is 3.59. The van der Waals surface area contributed by atoms with Gasteiger partial charge in [-0.2, -0.15) is 4.98 Å². The average molecular weight is 284 g/mol. The van der Waals surface area contributed by atoms with E-state index in [0.717, 1.165) is 5.03 Å². The predicted molar refractivity (Wildman–Crippen MR) is 71.8 cm³/mol. The molecule has 0 aromatic carbocycles. The largest absolute Gasteiger partial charge is 0.339 e. The highest BCUT2D eigenvalue weighted by Crippen LogP contribution is 2.27. The summed E-state index contributed by atoms with van der Waals surface area (Å²) in [4.78, 5) is 8.55. The number of pyridine rings is 1. The molecule has 18 heavy (non-hydrogen) atoms. The molecule has 0 aliphatic heterocycles. The monoisotopic (exact) mass is 283 g/mol. The second-order valence-electron chi connectivity index (χ2n) is 4.84. The van der Waals surface area contributed by atoms with Gasteiger partial charge in [-0.05, 0) is 12.1 Å². The van der Waals surface area contributed by atoms with Gasteiger partial charge in [0.1, 0.15) is 5.03 Å². The number of halogens is 1. The van der Waals surface area contributed by atoms with Gasteiger partial charge >= 0.3 is 0 Å². The van der Waals surface area contributed by atoms with E-state index in [1.54, 1.807) is 12.3 Å². The fraction of sp³-hybridized carbons (Fsp3) is 0.417. The number of aromatic nitrogens is 3. The van der Waals surface area contributed by atoms with E-state index in [2.05, 4.69) is 15.1 Å². The van der Waals surface area contributed by atoms with E-state index < -0.39 is 0 Å². The van der Waals surface area contributed by atoms with Crippen molar-refractivity contribution < 1.29 is 4.52 Å². The standard InChI is InChI=1S/C12H14ClN3OS/c1-12(2,3)11-15-9(16-17-11)7-18-10-8(13)5-4-6-14-10/h4-6H,7H2,1-3H3. The molecule has 0 bridgehead atoms. The lowest BCUT2D eigenvalue weighted by Crippen LogP contribution is -2.11. The van der Waals surface area contributed by atoms with Crippen molar-refractivity contribution in [3.05, 3.63) is 35.1 Å². The van der Waals surface area contributed by atoms with Gasteiger partial charge in [0.2, 0.25) is 5.89 Å².